The topological polar surface area (TPSA) is 69.7 Å². The van der Waals surface area contributed by atoms with Crippen LogP contribution in [0.4, 0.5) is 5.69 Å². The normalized spacial score (nSPS) is 22.0. The van der Waals surface area contributed by atoms with Crippen molar-refractivity contribution in [3.05, 3.63) is 23.8 Å². The van der Waals surface area contributed by atoms with Gasteiger partial charge in [-0.25, -0.2) is 8.42 Å². The van der Waals surface area contributed by atoms with E-state index in [1.165, 1.54) is 32.1 Å². The van der Waals surface area contributed by atoms with Gasteiger partial charge in [0.15, 0.2) is 0 Å². The van der Waals surface area contributed by atoms with Gasteiger partial charge in [0.1, 0.15) is 0 Å². The molecule has 3 aliphatic rings. The Morgan fingerprint density at radius 1 is 1.00 bits per heavy atom. The van der Waals surface area contributed by atoms with Crippen molar-refractivity contribution in [2.45, 2.75) is 56.3 Å². The Morgan fingerprint density at radius 3 is 2.38 bits per heavy atom. The largest absolute Gasteiger partial charge is 0.317 e. The predicted octanol–water partition coefficient (Wildman–Crippen LogP) is 2.78. The Hall–Kier alpha value is -1.44. The third-order valence-electron chi connectivity index (χ3n) is 7.00. The summed E-state index contributed by atoms with van der Waals surface area (Å²) in [5, 5.41) is 3.43. The van der Waals surface area contributed by atoms with Crippen molar-refractivity contribution in [2.24, 2.45) is 11.8 Å². The number of hydrogen-bond acceptors (Lipinski definition) is 4. The molecule has 1 aromatic rings. The zero-order valence-electron chi connectivity index (χ0n) is 17.2. The van der Waals surface area contributed by atoms with Gasteiger partial charge in [0.05, 0.1) is 4.90 Å². The van der Waals surface area contributed by atoms with Gasteiger partial charge in [-0.05, 0) is 80.8 Å². The molecule has 0 saturated carbocycles. The van der Waals surface area contributed by atoms with Gasteiger partial charge in [-0.3, -0.25) is 4.79 Å². The Labute approximate surface area is 174 Å². The van der Waals surface area contributed by atoms with E-state index in [4.69, 9.17) is 0 Å². The van der Waals surface area contributed by atoms with Crippen molar-refractivity contribution in [3.63, 3.8) is 0 Å². The minimum absolute atomic E-state index is 0.369. The highest BCUT2D eigenvalue weighted by Gasteiger charge is 2.30. The molecule has 3 heterocycles. The molecule has 0 radical (unpaired) electrons. The van der Waals surface area contributed by atoms with Crippen LogP contribution in [-0.4, -0.2) is 51.9 Å². The summed E-state index contributed by atoms with van der Waals surface area (Å²) in [6.07, 6.45) is 9.92. The van der Waals surface area contributed by atoms with E-state index < -0.39 is 10.0 Å². The molecular weight excluding hydrogens is 386 g/mol. The number of hydrogen-bond donors (Lipinski definition) is 1. The van der Waals surface area contributed by atoms with Gasteiger partial charge in [0.25, 0.3) is 0 Å². The van der Waals surface area contributed by atoms with Crippen molar-refractivity contribution in [1.29, 1.82) is 0 Å². The molecular formula is C22H33N3O3S. The summed E-state index contributed by atoms with van der Waals surface area (Å²) in [6, 6.07) is 5.19. The van der Waals surface area contributed by atoms with Crippen LogP contribution in [0.1, 0.15) is 50.5 Å². The molecule has 3 aliphatic heterocycles. The first-order valence-corrected chi connectivity index (χ1v) is 12.6. The van der Waals surface area contributed by atoms with Crippen LogP contribution in [0.3, 0.4) is 0 Å². The third kappa shape index (κ3) is 4.67. The van der Waals surface area contributed by atoms with Gasteiger partial charge < -0.3 is 10.2 Å². The number of piperidine rings is 2. The smallest absolute Gasteiger partial charge is 0.243 e. The SMILES string of the molecule is O=CN1CCc2cc(S(=O)(=O)N3CCC(CCCC4CCNCC4)CC3)ccc21. The second kappa shape index (κ2) is 9.14. The van der Waals surface area contributed by atoms with Gasteiger partial charge in [0.2, 0.25) is 16.4 Å². The Kier molecular flexibility index (Phi) is 6.56. The molecule has 2 fully saturated rings. The van der Waals surface area contributed by atoms with Crippen LogP contribution in [0, 0.1) is 11.8 Å². The Morgan fingerprint density at radius 2 is 1.69 bits per heavy atom. The summed E-state index contributed by atoms with van der Waals surface area (Å²) in [6.45, 7) is 4.20. The van der Waals surface area contributed by atoms with Crippen LogP contribution in [0.5, 0.6) is 0 Å². The highest BCUT2D eigenvalue weighted by molar-refractivity contribution is 7.89. The summed E-state index contributed by atoms with van der Waals surface area (Å²) in [5.41, 5.74) is 1.79. The van der Waals surface area contributed by atoms with E-state index in [1.54, 1.807) is 27.4 Å². The van der Waals surface area contributed by atoms with Gasteiger partial charge in [0, 0.05) is 25.3 Å². The number of carbonyl (C=O) groups is 1. The maximum Gasteiger partial charge on any atom is 0.243 e. The molecule has 0 bridgehead atoms. The fraction of sp³-hybridized carbons (Fsp3) is 0.682. The molecule has 0 spiro atoms. The van der Waals surface area contributed by atoms with Crippen molar-refractivity contribution in [1.82, 2.24) is 9.62 Å². The maximum absolute atomic E-state index is 13.1. The number of rotatable bonds is 7. The van der Waals surface area contributed by atoms with Crippen molar-refractivity contribution in [2.75, 3.05) is 37.6 Å². The number of nitrogens with zero attached hydrogens (tertiary/aromatic N) is 2. The zero-order valence-corrected chi connectivity index (χ0v) is 18.0. The first kappa shape index (κ1) is 20.8. The number of anilines is 1. The highest BCUT2D eigenvalue weighted by atomic mass is 32.2. The van der Waals surface area contributed by atoms with Crippen LogP contribution < -0.4 is 10.2 Å². The lowest BCUT2D eigenvalue weighted by Gasteiger charge is -2.31. The van der Waals surface area contributed by atoms with Crippen molar-refractivity contribution >= 4 is 22.1 Å². The molecule has 0 atom stereocenters. The summed E-state index contributed by atoms with van der Waals surface area (Å²) in [5.74, 6) is 1.54. The standard InChI is InChI=1S/C22H33N3O3S/c26-17-24-13-10-20-16-21(4-5-22(20)24)29(27,28)25-14-8-19(9-15-25)3-1-2-18-6-11-23-12-7-18/h4-5,16-19,23H,1-3,6-15H2. The monoisotopic (exact) mass is 419 g/mol. The Balaban J connectivity index is 1.29. The van der Waals surface area contributed by atoms with Crippen molar-refractivity contribution < 1.29 is 13.2 Å². The summed E-state index contributed by atoms with van der Waals surface area (Å²) < 4.78 is 27.9. The quantitative estimate of drug-likeness (QED) is 0.690. The first-order chi connectivity index (χ1) is 14.1. The van der Waals surface area contributed by atoms with E-state index in [1.807, 2.05) is 0 Å². The van der Waals surface area contributed by atoms with Crippen LogP contribution >= 0.6 is 0 Å². The summed E-state index contributed by atoms with van der Waals surface area (Å²) in [4.78, 5) is 13.1. The third-order valence-corrected chi connectivity index (χ3v) is 8.90. The second-order valence-corrected chi connectivity index (χ2v) is 10.7. The molecule has 1 amide bonds. The molecule has 0 unspecified atom stereocenters. The summed E-state index contributed by atoms with van der Waals surface area (Å²) >= 11 is 0. The van der Waals surface area contributed by atoms with Crippen molar-refractivity contribution in [3.8, 4) is 0 Å². The lowest BCUT2D eigenvalue weighted by Crippen LogP contribution is -2.38. The number of nitrogens with one attached hydrogen (secondary N) is 1. The van der Waals surface area contributed by atoms with Gasteiger partial charge in [-0.15, -0.1) is 0 Å². The maximum atomic E-state index is 13.1. The second-order valence-electron chi connectivity index (χ2n) is 8.81. The van der Waals surface area contributed by atoms with Crippen LogP contribution in [0.25, 0.3) is 0 Å². The molecule has 2 saturated heterocycles. The van der Waals surface area contributed by atoms with Gasteiger partial charge in [-0.1, -0.05) is 19.3 Å². The zero-order chi connectivity index (χ0) is 20.3. The van der Waals surface area contributed by atoms with Gasteiger partial charge in [-0.2, -0.15) is 4.31 Å². The minimum atomic E-state index is -3.45. The number of amides is 1. The number of benzene rings is 1. The lowest BCUT2D eigenvalue weighted by molar-refractivity contribution is -0.107. The summed E-state index contributed by atoms with van der Waals surface area (Å²) in [7, 11) is -3.45. The molecule has 4 rings (SSSR count). The van der Waals surface area contributed by atoms with Gasteiger partial charge >= 0.3 is 0 Å². The predicted molar refractivity (Wildman–Crippen MR) is 114 cm³/mol. The fourth-order valence-corrected chi connectivity index (χ4v) is 6.65. The van der Waals surface area contributed by atoms with E-state index >= 15 is 0 Å². The number of sulfonamides is 1. The van der Waals surface area contributed by atoms with E-state index in [2.05, 4.69) is 5.32 Å². The highest BCUT2D eigenvalue weighted by Crippen LogP contribution is 2.32. The average Bonchev–Trinajstić information content (AvgIpc) is 3.17. The van der Waals surface area contributed by atoms with E-state index in [-0.39, 0.29) is 0 Å². The first-order valence-electron chi connectivity index (χ1n) is 11.1. The molecule has 7 heteroatoms. The van der Waals surface area contributed by atoms with Crippen LogP contribution in [0.15, 0.2) is 23.1 Å². The minimum Gasteiger partial charge on any atom is -0.317 e. The van der Waals surface area contributed by atoms with E-state index in [9.17, 15) is 13.2 Å². The fourth-order valence-electron chi connectivity index (χ4n) is 5.13. The molecule has 160 valence electrons. The van der Waals surface area contributed by atoms with E-state index in [0.29, 0.717) is 30.4 Å². The van der Waals surface area contributed by atoms with E-state index in [0.717, 1.165) is 55.9 Å². The molecule has 6 nitrogen and oxygen atoms in total. The number of fused-ring (bicyclic) bond motifs is 1. The molecule has 0 aromatic heterocycles. The molecule has 1 N–H and O–H groups in total. The molecule has 1 aromatic carbocycles. The average molecular weight is 420 g/mol. The molecule has 0 aliphatic carbocycles. The Bertz CT molecular complexity index is 813. The molecule has 29 heavy (non-hydrogen) atoms. The van der Waals surface area contributed by atoms with Crippen LogP contribution in [0.2, 0.25) is 0 Å². The number of carbonyl (C=O) groups excluding carboxylic acids is 1. The lowest BCUT2D eigenvalue weighted by atomic mass is 9.87. The van der Waals surface area contributed by atoms with Crippen LogP contribution in [-0.2, 0) is 21.2 Å².